The number of hydrogen-bond acceptors (Lipinski definition) is 2. The summed E-state index contributed by atoms with van der Waals surface area (Å²) in [7, 11) is 0. The summed E-state index contributed by atoms with van der Waals surface area (Å²) in [5.41, 5.74) is 1.67. The van der Waals surface area contributed by atoms with Crippen molar-refractivity contribution in [3.8, 4) is 0 Å². The quantitative estimate of drug-likeness (QED) is 0.684. The standard InChI is InChI=1S/C20H34O2/c1-15(2)18-10-9-16(3)7-6-8-17(4)13-19(21)14-20(5,22)12-11-18/h7,11-13,15,18-19,21-22H,6,8-10,14H2,1-5H3/b12-11-,16-7-,17-13-/t18-,19+,20+/m1/s1. The minimum absolute atomic E-state index is 0.348. The van der Waals surface area contributed by atoms with E-state index in [1.165, 1.54) is 11.1 Å². The van der Waals surface area contributed by atoms with E-state index in [-0.39, 0.29) is 0 Å². The second-order valence-corrected chi connectivity index (χ2v) is 7.54. The molecule has 3 atom stereocenters. The molecule has 0 aromatic rings. The predicted molar refractivity (Wildman–Crippen MR) is 94.7 cm³/mol. The molecule has 126 valence electrons. The van der Waals surface area contributed by atoms with E-state index < -0.39 is 11.7 Å². The summed E-state index contributed by atoms with van der Waals surface area (Å²) in [4.78, 5) is 0. The number of hydrogen-bond donors (Lipinski definition) is 2. The Morgan fingerprint density at radius 3 is 2.50 bits per heavy atom. The topological polar surface area (TPSA) is 40.5 Å². The zero-order valence-corrected chi connectivity index (χ0v) is 15.0. The summed E-state index contributed by atoms with van der Waals surface area (Å²) in [6.45, 7) is 10.5. The van der Waals surface area contributed by atoms with Crippen molar-refractivity contribution in [3.05, 3.63) is 35.5 Å². The van der Waals surface area contributed by atoms with Gasteiger partial charge in [-0.2, -0.15) is 0 Å². The van der Waals surface area contributed by atoms with Crippen LogP contribution >= 0.6 is 0 Å². The van der Waals surface area contributed by atoms with Gasteiger partial charge in [0.25, 0.3) is 0 Å². The van der Waals surface area contributed by atoms with Crippen LogP contribution in [0, 0.1) is 11.8 Å². The molecule has 0 saturated heterocycles. The fraction of sp³-hybridized carbons (Fsp3) is 0.700. The maximum atomic E-state index is 10.5. The molecule has 0 radical (unpaired) electrons. The van der Waals surface area contributed by atoms with Gasteiger partial charge in [0, 0.05) is 6.42 Å². The van der Waals surface area contributed by atoms with E-state index in [0.717, 1.165) is 25.7 Å². The van der Waals surface area contributed by atoms with Crippen molar-refractivity contribution < 1.29 is 10.2 Å². The fourth-order valence-corrected chi connectivity index (χ4v) is 2.99. The molecular formula is C20H34O2. The van der Waals surface area contributed by atoms with Gasteiger partial charge in [-0.25, -0.2) is 0 Å². The van der Waals surface area contributed by atoms with Crippen LogP contribution in [0.2, 0.25) is 0 Å². The van der Waals surface area contributed by atoms with Gasteiger partial charge in [0.2, 0.25) is 0 Å². The Hall–Kier alpha value is -0.860. The maximum Gasteiger partial charge on any atom is 0.0827 e. The summed E-state index contributed by atoms with van der Waals surface area (Å²) >= 11 is 0. The third-order valence-corrected chi connectivity index (χ3v) is 4.56. The Bertz CT molecular complexity index is 427. The Morgan fingerprint density at radius 1 is 1.18 bits per heavy atom. The van der Waals surface area contributed by atoms with Gasteiger partial charge in [0.1, 0.15) is 0 Å². The monoisotopic (exact) mass is 306 g/mol. The van der Waals surface area contributed by atoms with Crippen molar-refractivity contribution in [1.82, 2.24) is 0 Å². The molecule has 0 fully saturated rings. The molecule has 1 aliphatic rings. The fourth-order valence-electron chi connectivity index (χ4n) is 2.99. The lowest BCUT2D eigenvalue weighted by atomic mass is 9.86. The summed E-state index contributed by atoms with van der Waals surface area (Å²) in [6.07, 6.45) is 12.2. The first-order valence-electron chi connectivity index (χ1n) is 8.62. The molecule has 1 aliphatic carbocycles. The first-order valence-corrected chi connectivity index (χ1v) is 8.62. The van der Waals surface area contributed by atoms with Crippen molar-refractivity contribution in [1.29, 1.82) is 0 Å². The number of aliphatic hydroxyl groups is 2. The van der Waals surface area contributed by atoms with Gasteiger partial charge < -0.3 is 10.2 Å². The van der Waals surface area contributed by atoms with Gasteiger partial charge in [-0.15, -0.1) is 0 Å². The third kappa shape index (κ3) is 7.42. The summed E-state index contributed by atoms with van der Waals surface area (Å²) in [5.74, 6) is 1.02. The van der Waals surface area contributed by atoms with Gasteiger partial charge in [0.05, 0.1) is 11.7 Å². The van der Waals surface area contributed by atoms with Crippen molar-refractivity contribution >= 4 is 0 Å². The molecule has 2 nitrogen and oxygen atoms in total. The Labute approximate surface area is 136 Å². The first-order chi connectivity index (χ1) is 10.2. The molecule has 0 saturated carbocycles. The molecule has 0 amide bonds. The average Bonchev–Trinajstić information content (AvgIpc) is 2.36. The van der Waals surface area contributed by atoms with Gasteiger partial charge in [-0.3, -0.25) is 0 Å². The molecule has 0 aliphatic heterocycles. The van der Waals surface area contributed by atoms with Crippen LogP contribution in [-0.4, -0.2) is 21.9 Å². The summed E-state index contributed by atoms with van der Waals surface area (Å²) < 4.78 is 0. The van der Waals surface area contributed by atoms with E-state index in [4.69, 9.17) is 0 Å². The highest BCUT2D eigenvalue weighted by Crippen LogP contribution is 2.25. The van der Waals surface area contributed by atoms with E-state index in [2.05, 4.69) is 39.8 Å². The van der Waals surface area contributed by atoms with Crippen molar-refractivity contribution in [2.75, 3.05) is 0 Å². The van der Waals surface area contributed by atoms with Crippen LogP contribution in [0.3, 0.4) is 0 Å². The van der Waals surface area contributed by atoms with Crippen molar-refractivity contribution in [2.45, 2.75) is 78.4 Å². The number of aliphatic hydroxyl groups excluding tert-OH is 1. The molecule has 2 N–H and O–H groups in total. The zero-order chi connectivity index (χ0) is 16.8. The van der Waals surface area contributed by atoms with E-state index in [0.29, 0.717) is 18.3 Å². The molecule has 1 rings (SSSR count). The molecule has 0 aromatic carbocycles. The van der Waals surface area contributed by atoms with E-state index in [9.17, 15) is 10.2 Å². The lowest BCUT2D eigenvalue weighted by molar-refractivity contribution is 0.0565. The van der Waals surface area contributed by atoms with Crippen molar-refractivity contribution in [2.24, 2.45) is 11.8 Å². The lowest BCUT2D eigenvalue weighted by Crippen LogP contribution is -2.27. The highest BCUT2D eigenvalue weighted by Gasteiger charge is 2.21. The highest BCUT2D eigenvalue weighted by atomic mass is 16.3. The van der Waals surface area contributed by atoms with Crippen molar-refractivity contribution in [3.63, 3.8) is 0 Å². The van der Waals surface area contributed by atoms with Gasteiger partial charge in [-0.05, 0) is 58.3 Å². The highest BCUT2D eigenvalue weighted by molar-refractivity contribution is 5.10. The Balaban J connectivity index is 2.97. The average molecular weight is 306 g/mol. The SMILES string of the molecule is C/C1=C/[C@H](O)C[C@@](C)(O)/C=C\[C@H](C(C)C)CC/C(C)=C\CC1. The first kappa shape index (κ1) is 19.2. The summed E-state index contributed by atoms with van der Waals surface area (Å²) in [5, 5.41) is 20.7. The van der Waals surface area contributed by atoms with Crippen LogP contribution in [0.4, 0.5) is 0 Å². The summed E-state index contributed by atoms with van der Waals surface area (Å²) in [6, 6.07) is 0. The van der Waals surface area contributed by atoms with Crippen LogP contribution in [0.1, 0.15) is 66.7 Å². The molecule has 0 spiro atoms. The van der Waals surface area contributed by atoms with E-state index in [1.54, 1.807) is 6.92 Å². The van der Waals surface area contributed by atoms with E-state index >= 15 is 0 Å². The van der Waals surface area contributed by atoms with Gasteiger partial charge >= 0.3 is 0 Å². The number of allylic oxidation sites excluding steroid dienone is 4. The zero-order valence-electron chi connectivity index (χ0n) is 15.0. The third-order valence-electron chi connectivity index (χ3n) is 4.56. The minimum Gasteiger partial charge on any atom is -0.389 e. The van der Waals surface area contributed by atoms with Crippen LogP contribution < -0.4 is 0 Å². The van der Waals surface area contributed by atoms with Gasteiger partial charge in [-0.1, -0.05) is 49.3 Å². The molecule has 0 bridgehead atoms. The molecule has 0 aromatic heterocycles. The largest absolute Gasteiger partial charge is 0.389 e. The second kappa shape index (κ2) is 8.69. The maximum absolute atomic E-state index is 10.5. The predicted octanol–water partition coefficient (Wildman–Crippen LogP) is 4.78. The molecular weight excluding hydrogens is 272 g/mol. The molecule has 2 heteroatoms. The molecule has 0 unspecified atom stereocenters. The minimum atomic E-state index is -0.960. The smallest absolute Gasteiger partial charge is 0.0827 e. The van der Waals surface area contributed by atoms with Crippen LogP contribution in [0.15, 0.2) is 35.5 Å². The van der Waals surface area contributed by atoms with E-state index in [1.807, 2.05) is 12.2 Å². The number of rotatable bonds is 1. The van der Waals surface area contributed by atoms with Crippen LogP contribution in [0.25, 0.3) is 0 Å². The lowest BCUT2D eigenvalue weighted by Gasteiger charge is -2.24. The van der Waals surface area contributed by atoms with Crippen LogP contribution in [-0.2, 0) is 0 Å². The normalized spacial score (nSPS) is 38.5. The van der Waals surface area contributed by atoms with Crippen LogP contribution in [0.5, 0.6) is 0 Å². The second-order valence-electron chi connectivity index (χ2n) is 7.54. The molecule has 22 heavy (non-hydrogen) atoms. The Morgan fingerprint density at radius 2 is 1.86 bits per heavy atom. The van der Waals surface area contributed by atoms with Gasteiger partial charge in [0.15, 0.2) is 0 Å². The molecule has 0 heterocycles. The Kier molecular flexibility index (Phi) is 7.58.